The van der Waals surface area contributed by atoms with Crippen molar-refractivity contribution in [3.63, 3.8) is 0 Å². The summed E-state index contributed by atoms with van der Waals surface area (Å²) in [4.78, 5) is 58.9. The summed E-state index contributed by atoms with van der Waals surface area (Å²) in [7, 11) is 0. The Kier molecular flexibility index (Phi) is 13.2. The molecule has 2 N–H and O–H groups in total. The lowest BCUT2D eigenvalue weighted by molar-refractivity contribution is -0.205. The average Bonchev–Trinajstić information content (AvgIpc) is 3.82. The molecule has 4 heterocycles. The van der Waals surface area contributed by atoms with Gasteiger partial charge in [-0.25, -0.2) is 14.6 Å². The van der Waals surface area contributed by atoms with Gasteiger partial charge in [0, 0.05) is 54.6 Å². The summed E-state index contributed by atoms with van der Waals surface area (Å²) in [5.41, 5.74) is 1.18. The highest BCUT2D eigenvalue weighted by molar-refractivity contribution is 7.16. The van der Waals surface area contributed by atoms with Crippen molar-refractivity contribution in [1.82, 2.24) is 25.1 Å². The van der Waals surface area contributed by atoms with Crippen LogP contribution in [0.2, 0.25) is 5.02 Å². The number of piperidine rings is 1. The number of rotatable bonds is 12. The molecule has 1 spiro atoms. The van der Waals surface area contributed by atoms with Gasteiger partial charge < -0.3 is 29.4 Å². The van der Waals surface area contributed by atoms with Gasteiger partial charge in [-0.1, -0.05) is 48.9 Å². The van der Waals surface area contributed by atoms with E-state index in [4.69, 9.17) is 21.1 Å². The van der Waals surface area contributed by atoms with Gasteiger partial charge in [-0.2, -0.15) is 26.3 Å². The van der Waals surface area contributed by atoms with Crippen LogP contribution in [0.4, 0.5) is 26.3 Å². The Bertz CT molecular complexity index is 2200. The molecule has 58 heavy (non-hydrogen) atoms. The van der Waals surface area contributed by atoms with Crippen molar-refractivity contribution in [2.45, 2.75) is 69.6 Å². The topological polar surface area (TPSA) is 143 Å². The largest absolute Gasteiger partial charge is 0.491 e. The molecule has 0 saturated carbocycles. The van der Waals surface area contributed by atoms with Crippen molar-refractivity contribution < 1.29 is 54.9 Å². The average molecular weight is 878 g/mol. The number of aromatic amines is 1. The third-order valence-electron chi connectivity index (χ3n) is 9.80. The molecule has 2 saturated heterocycles. The van der Waals surface area contributed by atoms with Crippen LogP contribution in [0.3, 0.4) is 0 Å². The number of likely N-dealkylation sites (tertiary alicyclic amines) is 1. The maximum absolute atomic E-state index is 13.3. The van der Waals surface area contributed by atoms with Crippen LogP contribution in [0.25, 0.3) is 10.2 Å². The van der Waals surface area contributed by atoms with E-state index in [1.165, 1.54) is 11.3 Å². The number of halogens is 7. The molecule has 2 aromatic carbocycles. The minimum Gasteiger partial charge on any atom is -0.449 e. The quantitative estimate of drug-likeness (QED) is 0.0678. The van der Waals surface area contributed by atoms with E-state index in [2.05, 4.69) is 24.9 Å². The first-order valence-corrected chi connectivity index (χ1v) is 20.2. The molecule has 2 aliphatic rings. The molecule has 4 aromatic rings. The number of benzene rings is 2. The number of carbonyl (C=O) groups is 3. The van der Waals surface area contributed by atoms with Crippen LogP contribution in [-0.2, 0) is 32.0 Å². The summed E-state index contributed by atoms with van der Waals surface area (Å²) in [5, 5.41) is 6.23. The van der Waals surface area contributed by atoms with E-state index in [0.29, 0.717) is 80.6 Å². The van der Waals surface area contributed by atoms with Crippen molar-refractivity contribution >= 4 is 62.3 Å². The van der Waals surface area contributed by atoms with Crippen molar-refractivity contribution in [2.24, 2.45) is 0 Å². The number of esters is 2. The molecule has 314 valence electrons. The number of H-pyrrole nitrogens is 1. The normalized spacial score (nSPS) is 16.9. The molecule has 2 aliphatic heterocycles. The molecule has 12 nitrogen and oxygen atoms in total. The molecule has 21 heteroatoms. The Morgan fingerprint density at radius 1 is 1.05 bits per heavy atom. The van der Waals surface area contributed by atoms with E-state index in [9.17, 15) is 45.5 Å². The van der Waals surface area contributed by atoms with E-state index < -0.39 is 46.6 Å². The zero-order valence-corrected chi connectivity index (χ0v) is 33.4. The molecule has 0 unspecified atom stereocenters. The molecule has 0 bridgehead atoms. The SMILES string of the molecule is CC(C)c1nc(C(=O)N2CCOC3(CCN(Cc4cc(CCNC[C@H](OC(=O)C(F)(F)F)c5ccc(OC(=O)C(F)(F)F)c6[nH]c(=O)sc56)ccc4Cl)CC3)C2)cs1. The predicted octanol–water partition coefficient (Wildman–Crippen LogP) is 6.78. The van der Waals surface area contributed by atoms with Gasteiger partial charge in [0.2, 0.25) is 0 Å². The van der Waals surface area contributed by atoms with Crippen LogP contribution >= 0.6 is 34.3 Å². The first kappa shape index (κ1) is 43.5. The monoisotopic (exact) mass is 877 g/mol. The zero-order chi connectivity index (χ0) is 42.0. The van der Waals surface area contributed by atoms with Crippen LogP contribution in [0, 0.1) is 0 Å². The Labute approximate surface area is 340 Å². The van der Waals surface area contributed by atoms with Gasteiger partial charge in [-0.3, -0.25) is 14.5 Å². The lowest BCUT2D eigenvalue weighted by atomic mass is 9.89. The summed E-state index contributed by atoms with van der Waals surface area (Å²) in [5.74, 6) is -5.64. The smallest absolute Gasteiger partial charge is 0.449 e. The van der Waals surface area contributed by atoms with Gasteiger partial charge in [0.05, 0.1) is 28.5 Å². The predicted molar refractivity (Wildman–Crippen MR) is 202 cm³/mol. The van der Waals surface area contributed by atoms with Gasteiger partial charge in [-0.15, -0.1) is 11.3 Å². The fourth-order valence-corrected chi connectivity index (χ4v) is 8.70. The Balaban J connectivity index is 1.06. The molecular formula is C37H38ClF6N5O7S2. The number of carbonyl (C=O) groups excluding carboxylic acids is 3. The summed E-state index contributed by atoms with van der Waals surface area (Å²) >= 11 is 8.50. The molecule has 1 amide bonds. The minimum absolute atomic E-state index is 0.0914. The number of thiazole rings is 2. The maximum Gasteiger partial charge on any atom is 0.491 e. The number of ether oxygens (including phenoxy) is 3. The molecule has 2 fully saturated rings. The minimum atomic E-state index is -5.37. The molecule has 1 atom stereocenters. The summed E-state index contributed by atoms with van der Waals surface area (Å²) in [6, 6.07) is 7.36. The van der Waals surface area contributed by atoms with E-state index in [1.807, 2.05) is 30.2 Å². The number of fused-ring (bicyclic) bond motifs is 1. The van der Waals surface area contributed by atoms with Crippen molar-refractivity contribution in [3.05, 3.63) is 77.8 Å². The van der Waals surface area contributed by atoms with Crippen molar-refractivity contribution in [3.8, 4) is 5.75 Å². The fourth-order valence-electron chi connectivity index (χ4n) is 6.80. The van der Waals surface area contributed by atoms with Gasteiger partial charge in [-0.05, 0) is 55.1 Å². The second-order valence-corrected chi connectivity index (χ2v) is 16.6. The Hall–Kier alpha value is -4.08. The van der Waals surface area contributed by atoms with Crippen molar-refractivity contribution in [2.75, 3.05) is 45.9 Å². The van der Waals surface area contributed by atoms with E-state index in [-0.39, 0.29) is 40.7 Å². The lowest BCUT2D eigenvalue weighted by Crippen LogP contribution is -2.58. The number of alkyl halides is 6. The number of amides is 1. The number of morpholine rings is 1. The van der Waals surface area contributed by atoms with E-state index >= 15 is 0 Å². The van der Waals surface area contributed by atoms with E-state index in [1.54, 1.807) is 12.1 Å². The third kappa shape index (κ3) is 10.4. The Morgan fingerprint density at radius 3 is 2.45 bits per heavy atom. The van der Waals surface area contributed by atoms with Crippen molar-refractivity contribution in [1.29, 1.82) is 0 Å². The molecular weight excluding hydrogens is 840 g/mol. The number of hydrogen-bond acceptors (Lipinski definition) is 12. The van der Waals surface area contributed by atoms with Crippen LogP contribution in [-0.4, -0.2) is 101 Å². The summed E-state index contributed by atoms with van der Waals surface area (Å²) in [6.07, 6.45) is -10.6. The van der Waals surface area contributed by atoms with Crippen LogP contribution in [0.15, 0.2) is 40.5 Å². The Morgan fingerprint density at radius 2 is 1.78 bits per heavy atom. The first-order valence-electron chi connectivity index (χ1n) is 18.1. The van der Waals surface area contributed by atoms with Gasteiger partial charge >= 0.3 is 29.2 Å². The fraction of sp³-hybridized carbons (Fsp3) is 0.486. The van der Waals surface area contributed by atoms with Crippen LogP contribution in [0.5, 0.6) is 5.75 Å². The van der Waals surface area contributed by atoms with Gasteiger partial charge in [0.1, 0.15) is 17.3 Å². The maximum atomic E-state index is 13.3. The zero-order valence-electron chi connectivity index (χ0n) is 31.1. The standard InChI is InChI=1S/C37H38ClF6N5O7S2/c1-20(2)30-46-25(18-57-30)31(50)49-13-14-54-35(19-49)8-11-48(12-9-35)17-22-15-21(3-5-24(22)38)7-10-45-16-27(56-33(52)37(42,43)44)23-4-6-26(55-32(51)36(39,40)41)28-29(23)58-34(53)47-28/h3-6,15,18,20,27,45H,7-14,16-17,19H2,1-2H3,(H,47,53)/t27-/m0/s1. The van der Waals surface area contributed by atoms with Gasteiger partial charge in [0.15, 0.2) is 5.75 Å². The highest BCUT2D eigenvalue weighted by Gasteiger charge is 2.44. The molecule has 6 rings (SSSR count). The molecule has 2 aromatic heterocycles. The van der Waals surface area contributed by atoms with E-state index in [0.717, 1.165) is 28.3 Å². The number of hydrogen-bond donors (Lipinski definition) is 2. The third-order valence-corrected chi connectivity index (χ3v) is 12.2. The highest BCUT2D eigenvalue weighted by atomic mass is 35.5. The van der Waals surface area contributed by atoms with Gasteiger partial charge in [0.25, 0.3) is 5.91 Å². The number of aromatic nitrogens is 2. The van der Waals surface area contributed by atoms with Crippen LogP contribution in [0.1, 0.15) is 70.9 Å². The molecule has 0 radical (unpaired) electrons. The first-order chi connectivity index (χ1) is 27.3. The number of nitrogens with zero attached hydrogens (tertiary/aromatic N) is 3. The molecule has 0 aliphatic carbocycles. The summed E-state index contributed by atoms with van der Waals surface area (Å²) in [6.45, 7) is 7.23. The number of nitrogens with one attached hydrogen (secondary N) is 2. The van der Waals surface area contributed by atoms with Crippen LogP contribution < -0.4 is 14.9 Å². The lowest BCUT2D eigenvalue weighted by Gasteiger charge is -2.47. The second kappa shape index (κ2) is 17.6. The summed E-state index contributed by atoms with van der Waals surface area (Å²) < 4.78 is 93.7. The highest BCUT2D eigenvalue weighted by Crippen LogP contribution is 2.36. The second-order valence-electron chi connectivity index (χ2n) is 14.3.